The van der Waals surface area contributed by atoms with Crippen LogP contribution >= 0.6 is 11.3 Å². The van der Waals surface area contributed by atoms with Gasteiger partial charge in [-0.2, -0.15) is 0 Å². The van der Waals surface area contributed by atoms with Crippen molar-refractivity contribution in [1.82, 2.24) is 9.71 Å². The lowest BCUT2D eigenvalue weighted by molar-refractivity contribution is 0.0491. The van der Waals surface area contributed by atoms with Gasteiger partial charge >= 0.3 is 0 Å². The van der Waals surface area contributed by atoms with Crippen molar-refractivity contribution in [3.8, 4) is 16.2 Å². The normalized spacial score (nSPS) is 19.8. The van der Waals surface area contributed by atoms with Crippen molar-refractivity contribution in [3.05, 3.63) is 23.9 Å². The number of sulfonamides is 1. The Balaban J connectivity index is 1.58. The number of aryl methyl sites for hydroxylation is 1. The van der Waals surface area contributed by atoms with Crippen LogP contribution in [0.5, 0.6) is 5.75 Å². The molecular formula is C24H35N3O6S3. The molecule has 0 amide bonds. The Morgan fingerprint density at radius 1 is 1.14 bits per heavy atom. The van der Waals surface area contributed by atoms with Crippen molar-refractivity contribution in [2.45, 2.75) is 62.9 Å². The van der Waals surface area contributed by atoms with Crippen LogP contribution in [0.25, 0.3) is 10.4 Å². The van der Waals surface area contributed by atoms with Crippen LogP contribution in [0.15, 0.2) is 23.1 Å². The van der Waals surface area contributed by atoms with E-state index in [9.17, 15) is 16.8 Å². The summed E-state index contributed by atoms with van der Waals surface area (Å²) in [5, 5.41) is 4.39. The molecular weight excluding hydrogens is 522 g/mol. The van der Waals surface area contributed by atoms with Crippen LogP contribution in [0.1, 0.15) is 45.2 Å². The Bertz CT molecular complexity index is 1280. The van der Waals surface area contributed by atoms with Crippen LogP contribution in [-0.2, 0) is 24.6 Å². The minimum absolute atomic E-state index is 0.0164. The fraction of sp³-hybridized carbons (Fsp3) is 0.625. The highest BCUT2D eigenvalue weighted by atomic mass is 32.2. The Hall–Kier alpha value is -1.73. The molecule has 36 heavy (non-hydrogen) atoms. The van der Waals surface area contributed by atoms with Gasteiger partial charge in [0.1, 0.15) is 20.5 Å². The van der Waals surface area contributed by atoms with Gasteiger partial charge in [-0.15, -0.1) is 0 Å². The van der Waals surface area contributed by atoms with Crippen LogP contribution in [-0.4, -0.2) is 65.2 Å². The summed E-state index contributed by atoms with van der Waals surface area (Å²) in [4.78, 5) is 5.64. The Morgan fingerprint density at radius 3 is 2.44 bits per heavy atom. The first kappa shape index (κ1) is 27.3. The number of nitrogens with zero attached hydrogens (tertiary/aromatic N) is 1. The van der Waals surface area contributed by atoms with E-state index < -0.39 is 25.9 Å². The number of aromatic nitrogens is 1. The second kappa shape index (κ2) is 10.6. The van der Waals surface area contributed by atoms with Gasteiger partial charge in [0.05, 0.1) is 29.2 Å². The number of ether oxygens (including phenoxy) is 2. The number of thiazole rings is 1. The average Bonchev–Trinajstić information content (AvgIpc) is 3.19. The lowest BCUT2D eigenvalue weighted by atomic mass is 9.82. The Labute approximate surface area is 218 Å². The van der Waals surface area contributed by atoms with E-state index in [1.165, 1.54) is 18.4 Å². The van der Waals surface area contributed by atoms with Crippen LogP contribution in [0, 0.1) is 12.8 Å². The molecule has 0 unspecified atom stereocenters. The maximum atomic E-state index is 13.3. The summed E-state index contributed by atoms with van der Waals surface area (Å²) in [6.45, 7) is 7.81. The molecule has 9 nitrogen and oxygen atoms in total. The van der Waals surface area contributed by atoms with Gasteiger partial charge in [-0.3, -0.25) is 0 Å². The maximum absolute atomic E-state index is 13.3. The van der Waals surface area contributed by atoms with Gasteiger partial charge in [-0.25, -0.2) is 26.5 Å². The molecule has 1 aromatic carbocycles. The van der Waals surface area contributed by atoms with Crippen molar-refractivity contribution in [2.75, 3.05) is 37.1 Å². The molecule has 2 aromatic rings. The zero-order valence-electron chi connectivity index (χ0n) is 21.2. The smallest absolute Gasteiger partial charge is 0.244 e. The molecule has 0 radical (unpaired) electrons. The van der Waals surface area contributed by atoms with Crippen LogP contribution in [0.4, 0.5) is 5.13 Å². The predicted molar refractivity (Wildman–Crippen MR) is 142 cm³/mol. The third-order valence-electron chi connectivity index (χ3n) is 7.06. The number of rotatable bonds is 8. The standard InChI is InChI=1S/C24H35N3O6S3/c1-16-22(34-23(25-16)26-24(2,3)18-7-11-33-12-8-18)17-5-6-20(32-4)21(15-17)36(30,31)27-19-9-13-35(28,29)14-10-19/h5-6,15,18-19,27H,7-14H2,1-4H3,(H,25,26). The highest BCUT2D eigenvalue weighted by Gasteiger charge is 2.32. The van der Waals surface area contributed by atoms with Crippen molar-refractivity contribution < 1.29 is 26.3 Å². The first-order chi connectivity index (χ1) is 16.9. The summed E-state index contributed by atoms with van der Waals surface area (Å²) >= 11 is 1.50. The van der Waals surface area contributed by atoms with Gasteiger partial charge < -0.3 is 14.8 Å². The average molecular weight is 558 g/mol. The van der Waals surface area contributed by atoms with E-state index in [-0.39, 0.29) is 40.5 Å². The minimum Gasteiger partial charge on any atom is -0.495 e. The summed E-state index contributed by atoms with van der Waals surface area (Å²) < 4.78 is 63.6. The molecule has 1 aromatic heterocycles. The number of sulfone groups is 1. The molecule has 0 atom stereocenters. The molecule has 2 aliphatic heterocycles. The molecule has 0 spiro atoms. The summed E-state index contributed by atoms with van der Waals surface area (Å²) in [5.74, 6) is 0.669. The van der Waals surface area contributed by atoms with Gasteiger partial charge in [-0.1, -0.05) is 11.3 Å². The van der Waals surface area contributed by atoms with E-state index in [0.29, 0.717) is 5.92 Å². The van der Waals surface area contributed by atoms with E-state index in [4.69, 9.17) is 14.5 Å². The summed E-state index contributed by atoms with van der Waals surface area (Å²) in [6, 6.07) is 4.65. The third-order valence-corrected chi connectivity index (χ3v) is 11.4. The first-order valence-electron chi connectivity index (χ1n) is 12.1. The number of benzene rings is 1. The predicted octanol–water partition coefficient (Wildman–Crippen LogP) is 3.60. The molecule has 12 heteroatoms. The van der Waals surface area contributed by atoms with Crippen molar-refractivity contribution >= 4 is 36.3 Å². The summed E-state index contributed by atoms with van der Waals surface area (Å²) in [7, 11) is -5.59. The van der Waals surface area contributed by atoms with E-state index in [0.717, 1.165) is 47.3 Å². The fourth-order valence-corrected chi connectivity index (χ4v) is 8.95. The molecule has 0 saturated carbocycles. The van der Waals surface area contributed by atoms with Crippen molar-refractivity contribution in [1.29, 1.82) is 0 Å². The highest BCUT2D eigenvalue weighted by molar-refractivity contribution is 7.91. The van der Waals surface area contributed by atoms with Gasteiger partial charge in [0.15, 0.2) is 5.13 Å². The van der Waals surface area contributed by atoms with Gasteiger partial charge in [0.25, 0.3) is 0 Å². The SMILES string of the molecule is COc1ccc(-c2sc(NC(C)(C)C3CCOCC3)nc2C)cc1S(=O)(=O)NC1CCS(=O)(=O)CC1. The quantitative estimate of drug-likeness (QED) is 0.505. The van der Waals surface area contributed by atoms with Crippen molar-refractivity contribution in [2.24, 2.45) is 5.92 Å². The Kier molecular flexibility index (Phi) is 8.01. The van der Waals surface area contributed by atoms with E-state index in [2.05, 4.69) is 23.9 Å². The lowest BCUT2D eigenvalue weighted by Gasteiger charge is -2.37. The van der Waals surface area contributed by atoms with Crippen molar-refractivity contribution in [3.63, 3.8) is 0 Å². The molecule has 2 saturated heterocycles. The number of methoxy groups -OCH3 is 1. The largest absolute Gasteiger partial charge is 0.495 e. The number of nitrogens with one attached hydrogen (secondary N) is 2. The fourth-order valence-electron chi connectivity index (χ4n) is 4.83. The molecule has 3 heterocycles. The van der Waals surface area contributed by atoms with Gasteiger partial charge in [0, 0.05) is 24.8 Å². The number of hydrogen-bond acceptors (Lipinski definition) is 9. The van der Waals surface area contributed by atoms with E-state index in [1.54, 1.807) is 12.1 Å². The molecule has 2 aliphatic rings. The van der Waals surface area contributed by atoms with Gasteiger partial charge in [0.2, 0.25) is 10.0 Å². The van der Waals surface area contributed by atoms with Crippen LogP contribution < -0.4 is 14.8 Å². The molecule has 2 fully saturated rings. The monoisotopic (exact) mass is 557 g/mol. The summed E-state index contributed by atoms with van der Waals surface area (Å²) in [6.07, 6.45) is 2.51. The van der Waals surface area contributed by atoms with E-state index in [1.807, 2.05) is 13.0 Å². The maximum Gasteiger partial charge on any atom is 0.244 e. The van der Waals surface area contributed by atoms with Crippen LogP contribution in [0.3, 0.4) is 0 Å². The van der Waals surface area contributed by atoms with E-state index >= 15 is 0 Å². The highest BCUT2D eigenvalue weighted by Crippen LogP contribution is 2.39. The molecule has 4 rings (SSSR count). The zero-order chi connectivity index (χ0) is 26.1. The number of hydrogen-bond donors (Lipinski definition) is 2. The minimum atomic E-state index is -3.93. The lowest BCUT2D eigenvalue weighted by Crippen LogP contribution is -2.42. The topological polar surface area (TPSA) is 124 Å². The second-order valence-electron chi connectivity index (χ2n) is 10.1. The second-order valence-corrected chi connectivity index (χ2v) is 15.1. The van der Waals surface area contributed by atoms with Crippen LogP contribution in [0.2, 0.25) is 0 Å². The molecule has 2 N–H and O–H groups in total. The zero-order valence-corrected chi connectivity index (χ0v) is 23.6. The Morgan fingerprint density at radius 2 is 1.81 bits per heavy atom. The van der Waals surface area contributed by atoms with Gasteiger partial charge in [-0.05, 0) is 76.1 Å². The number of anilines is 1. The molecule has 200 valence electrons. The molecule has 0 bridgehead atoms. The first-order valence-corrected chi connectivity index (χ1v) is 16.3. The molecule has 0 aliphatic carbocycles. The summed E-state index contributed by atoms with van der Waals surface area (Å²) in [5.41, 5.74) is 1.38. The third kappa shape index (κ3) is 6.21.